The number of nitrogens with zero attached hydrogens (tertiary/aromatic N) is 2. The van der Waals surface area contributed by atoms with Crippen LogP contribution in [0.2, 0.25) is 0 Å². The Labute approximate surface area is 120 Å². The highest BCUT2D eigenvalue weighted by molar-refractivity contribution is 5.18. The van der Waals surface area contributed by atoms with Crippen molar-refractivity contribution >= 4 is 0 Å². The van der Waals surface area contributed by atoms with Crippen LogP contribution in [-0.2, 0) is 0 Å². The van der Waals surface area contributed by atoms with E-state index in [1.807, 2.05) is 0 Å². The van der Waals surface area contributed by atoms with Crippen LogP contribution in [0, 0.1) is 11.8 Å². The predicted octanol–water partition coefficient (Wildman–Crippen LogP) is 2.41. The molecule has 1 aromatic rings. The standard InChI is InChI=1S/C15H25N3O2/c1-2-7-19-14-8-15(18-11-17-14)20-10-13-6-4-3-5-12(13)9-16/h8,11-13H,2-7,9-10,16H2,1H3. The van der Waals surface area contributed by atoms with Gasteiger partial charge in [0.1, 0.15) is 6.33 Å². The summed E-state index contributed by atoms with van der Waals surface area (Å²) >= 11 is 0. The van der Waals surface area contributed by atoms with Gasteiger partial charge in [0.25, 0.3) is 0 Å². The Morgan fingerprint density at radius 3 is 2.55 bits per heavy atom. The average molecular weight is 279 g/mol. The van der Waals surface area contributed by atoms with Crippen LogP contribution < -0.4 is 15.2 Å². The van der Waals surface area contributed by atoms with Crippen molar-refractivity contribution in [2.75, 3.05) is 19.8 Å². The van der Waals surface area contributed by atoms with Crippen molar-refractivity contribution in [3.8, 4) is 11.8 Å². The smallest absolute Gasteiger partial charge is 0.220 e. The molecule has 1 saturated carbocycles. The zero-order chi connectivity index (χ0) is 14.2. The van der Waals surface area contributed by atoms with Gasteiger partial charge in [-0.3, -0.25) is 0 Å². The first-order chi connectivity index (χ1) is 9.83. The molecule has 2 atom stereocenters. The van der Waals surface area contributed by atoms with Crippen molar-refractivity contribution in [1.29, 1.82) is 0 Å². The van der Waals surface area contributed by atoms with Gasteiger partial charge in [0.15, 0.2) is 0 Å². The van der Waals surface area contributed by atoms with Gasteiger partial charge < -0.3 is 15.2 Å². The van der Waals surface area contributed by atoms with Crippen molar-refractivity contribution in [1.82, 2.24) is 9.97 Å². The molecule has 0 amide bonds. The molecule has 0 spiro atoms. The van der Waals surface area contributed by atoms with Gasteiger partial charge in [-0.2, -0.15) is 0 Å². The zero-order valence-electron chi connectivity index (χ0n) is 12.3. The van der Waals surface area contributed by atoms with Crippen molar-refractivity contribution in [3.05, 3.63) is 12.4 Å². The molecule has 0 aliphatic heterocycles. The summed E-state index contributed by atoms with van der Waals surface area (Å²) in [5.74, 6) is 2.30. The van der Waals surface area contributed by atoms with E-state index < -0.39 is 0 Å². The van der Waals surface area contributed by atoms with Gasteiger partial charge in [0.2, 0.25) is 11.8 Å². The fourth-order valence-corrected chi connectivity index (χ4v) is 2.69. The Bertz CT molecular complexity index is 400. The summed E-state index contributed by atoms with van der Waals surface area (Å²) < 4.78 is 11.3. The van der Waals surface area contributed by atoms with Gasteiger partial charge in [-0.05, 0) is 37.6 Å². The second kappa shape index (κ2) is 8.04. The number of ether oxygens (including phenoxy) is 2. The molecule has 1 aliphatic carbocycles. The summed E-state index contributed by atoms with van der Waals surface area (Å²) in [5.41, 5.74) is 5.84. The highest BCUT2D eigenvalue weighted by Gasteiger charge is 2.24. The van der Waals surface area contributed by atoms with E-state index in [2.05, 4.69) is 16.9 Å². The molecule has 2 rings (SSSR count). The molecule has 1 aromatic heterocycles. The first-order valence-electron chi connectivity index (χ1n) is 7.61. The average Bonchev–Trinajstić information content (AvgIpc) is 2.51. The van der Waals surface area contributed by atoms with Crippen LogP contribution in [0.5, 0.6) is 11.8 Å². The minimum absolute atomic E-state index is 0.545. The highest BCUT2D eigenvalue weighted by Crippen LogP contribution is 2.29. The second-order valence-corrected chi connectivity index (χ2v) is 5.39. The van der Waals surface area contributed by atoms with Gasteiger partial charge in [0, 0.05) is 0 Å². The van der Waals surface area contributed by atoms with E-state index in [4.69, 9.17) is 15.2 Å². The maximum atomic E-state index is 5.84. The van der Waals surface area contributed by atoms with Crippen LogP contribution in [0.1, 0.15) is 39.0 Å². The maximum absolute atomic E-state index is 5.84. The summed E-state index contributed by atoms with van der Waals surface area (Å²) in [6.07, 6.45) is 7.44. The van der Waals surface area contributed by atoms with E-state index in [0.717, 1.165) is 13.0 Å². The van der Waals surface area contributed by atoms with E-state index in [9.17, 15) is 0 Å². The summed E-state index contributed by atoms with van der Waals surface area (Å²) in [6, 6.07) is 1.76. The fraction of sp³-hybridized carbons (Fsp3) is 0.733. The predicted molar refractivity (Wildman–Crippen MR) is 77.8 cm³/mol. The molecule has 2 N–H and O–H groups in total. The van der Waals surface area contributed by atoms with E-state index in [1.165, 1.54) is 32.0 Å². The monoisotopic (exact) mass is 279 g/mol. The highest BCUT2D eigenvalue weighted by atomic mass is 16.5. The molecule has 1 aliphatic rings. The van der Waals surface area contributed by atoms with Crippen LogP contribution in [0.4, 0.5) is 0 Å². The summed E-state index contributed by atoms with van der Waals surface area (Å²) in [5, 5.41) is 0. The minimum Gasteiger partial charge on any atom is -0.478 e. The Balaban J connectivity index is 1.86. The first kappa shape index (κ1) is 15.0. The summed E-state index contributed by atoms with van der Waals surface area (Å²) in [6.45, 7) is 4.16. The van der Waals surface area contributed by atoms with E-state index in [1.54, 1.807) is 6.07 Å². The quantitative estimate of drug-likeness (QED) is 0.830. The van der Waals surface area contributed by atoms with Gasteiger partial charge in [-0.25, -0.2) is 9.97 Å². The number of rotatable bonds is 7. The molecule has 0 aromatic carbocycles. The fourth-order valence-electron chi connectivity index (χ4n) is 2.69. The van der Waals surface area contributed by atoms with Crippen LogP contribution in [0.25, 0.3) is 0 Å². The van der Waals surface area contributed by atoms with Crippen LogP contribution in [0.3, 0.4) is 0 Å². The summed E-state index contributed by atoms with van der Waals surface area (Å²) in [4.78, 5) is 8.21. The third-order valence-electron chi connectivity index (χ3n) is 3.89. The SMILES string of the molecule is CCCOc1cc(OCC2CCCCC2CN)ncn1. The van der Waals surface area contributed by atoms with E-state index in [-0.39, 0.29) is 0 Å². The lowest BCUT2D eigenvalue weighted by Gasteiger charge is -2.30. The number of aromatic nitrogens is 2. The van der Waals surface area contributed by atoms with Crippen molar-refractivity contribution in [3.63, 3.8) is 0 Å². The van der Waals surface area contributed by atoms with Crippen LogP contribution >= 0.6 is 0 Å². The van der Waals surface area contributed by atoms with E-state index >= 15 is 0 Å². The second-order valence-electron chi connectivity index (χ2n) is 5.39. The number of hydrogen-bond donors (Lipinski definition) is 1. The lowest BCUT2D eigenvalue weighted by molar-refractivity contribution is 0.149. The third kappa shape index (κ3) is 4.34. The van der Waals surface area contributed by atoms with Crippen molar-refractivity contribution in [2.24, 2.45) is 17.6 Å². The van der Waals surface area contributed by atoms with Gasteiger partial charge in [-0.15, -0.1) is 0 Å². The molecular formula is C15H25N3O2. The molecule has 1 heterocycles. The molecule has 5 heteroatoms. The first-order valence-corrected chi connectivity index (χ1v) is 7.61. The topological polar surface area (TPSA) is 70.3 Å². The number of nitrogens with two attached hydrogens (primary N) is 1. The molecule has 20 heavy (non-hydrogen) atoms. The lowest BCUT2D eigenvalue weighted by atomic mass is 9.80. The van der Waals surface area contributed by atoms with Crippen molar-refractivity contribution < 1.29 is 9.47 Å². The lowest BCUT2D eigenvalue weighted by Crippen LogP contribution is -2.30. The largest absolute Gasteiger partial charge is 0.478 e. The van der Waals surface area contributed by atoms with Gasteiger partial charge in [-0.1, -0.05) is 19.8 Å². The maximum Gasteiger partial charge on any atom is 0.220 e. The molecule has 0 bridgehead atoms. The Morgan fingerprint density at radius 1 is 1.15 bits per heavy atom. The third-order valence-corrected chi connectivity index (χ3v) is 3.89. The molecular weight excluding hydrogens is 254 g/mol. The normalized spacial score (nSPS) is 22.5. The number of hydrogen-bond acceptors (Lipinski definition) is 5. The van der Waals surface area contributed by atoms with Crippen LogP contribution in [0.15, 0.2) is 12.4 Å². The van der Waals surface area contributed by atoms with Gasteiger partial charge in [0.05, 0.1) is 19.3 Å². The van der Waals surface area contributed by atoms with Crippen molar-refractivity contribution in [2.45, 2.75) is 39.0 Å². The molecule has 112 valence electrons. The molecule has 5 nitrogen and oxygen atoms in total. The Kier molecular flexibility index (Phi) is 6.05. The molecule has 0 radical (unpaired) electrons. The summed E-state index contributed by atoms with van der Waals surface area (Å²) in [7, 11) is 0. The Morgan fingerprint density at radius 2 is 1.85 bits per heavy atom. The van der Waals surface area contributed by atoms with E-state index in [0.29, 0.717) is 36.8 Å². The van der Waals surface area contributed by atoms with Gasteiger partial charge >= 0.3 is 0 Å². The minimum atomic E-state index is 0.545. The molecule has 2 unspecified atom stereocenters. The van der Waals surface area contributed by atoms with Crippen LogP contribution in [-0.4, -0.2) is 29.7 Å². The Hall–Kier alpha value is -1.36. The molecule has 1 fully saturated rings. The molecule has 0 saturated heterocycles. The zero-order valence-corrected chi connectivity index (χ0v) is 12.3.